The monoisotopic (exact) mass is 211 g/mol. The van der Waals surface area contributed by atoms with E-state index in [0.29, 0.717) is 0 Å². The first-order valence-electron chi connectivity index (χ1n) is 6.00. The second-order valence-electron chi connectivity index (χ2n) is 5.03. The highest BCUT2D eigenvalue weighted by Gasteiger charge is 2.40. The van der Waals surface area contributed by atoms with Gasteiger partial charge in [-0.25, -0.2) is 0 Å². The molecule has 1 aromatic rings. The smallest absolute Gasteiger partial charge is 0.0438 e. The number of likely N-dealkylation sites (tertiary alicyclic amines) is 1. The minimum atomic E-state index is 0.284. The van der Waals surface area contributed by atoms with E-state index in [0.717, 1.165) is 25.9 Å². The van der Waals surface area contributed by atoms with Gasteiger partial charge < -0.3 is 0 Å². The lowest BCUT2D eigenvalue weighted by Crippen LogP contribution is -2.39. The molecule has 82 valence electrons. The molecule has 0 aromatic heterocycles. The Hall–Kier alpha value is -1.08. The van der Waals surface area contributed by atoms with Gasteiger partial charge in [-0.1, -0.05) is 35.9 Å². The first-order chi connectivity index (χ1) is 7.72. The summed E-state index contributed by atoms with van der Waals surface area (Å²) in [6.07, 6.45) is 4.66. The Bertz CT molecular complexity index is 437. The van der Waals surface area contributed by atoms with Crippen molar-refractivity contribution in [2.24, 2.45) is 0 Å². The van der Waals surface area contributed by atoms with Gasteiger partial charge in [-0.2, -0.15) is 0 Å². The molecular formula is C15H17N. The second kappa shape index (κ2) is 3.46. The van der Waals surface area contributed by atoms with Gasteiger partial charge in [0, 0.05) is 12.5 Å². The number of hydrogen-bond acceptors (Lipinski definition) is 1. The molecule has 1 heterocycles. The highest BCUT2D eigenvalue weighted by atomic mass is 15.1. The van der Waals surface area contributed by atoms with Crippen LogP contribution in [0.5, 0.6) is 0 Å². The summed E-state index contributed by atoms with van der Waals surface area (Å²) in [5, 5.41) is 0. The maximum Gasteiger partial charge on any atom is 0.0438 e. The van der Waals surface area contributed by atoms with Crippen LogP contribution < -0.4 is 0 Å². The Morgan fingerprint density at radius 3 is 2.62 bits per heavy atom. The van der Waals surface area contributed by atoms with Gasteiger partial charge in [0.25, 0.3) is 0 Å². The fourth-order valence-electron chi connectivity index (χ4n) is 3.21. The lowest BCUT2D eigenvalue weighted by atomic mass is 9.71. The summed E-state index contributed by atoms with van der Waals surface area (Å²) in [5.41, 5.74) is 4.72. The molecule has 0 bridgehead atoms. The Morgan fingerprint density at radius 2 is 1.88 bits per heavy atom. The summed E-state index contributed by atoms with van der Waals surface area (Å²) in [6, 6.07) is 8.79. The average Bonchev–Trinajstić information content (AvgIpc) is 2.57. The van der Waals surface area contributed by atoms with Crippen molar-refractivity contribution in [2.75, 3.05) is 13.1 Å². The predicted octanol–water partition coefficient (Wildman–Crippen LogP) is 3.11. The van der Waals surface area contributed by atoms with Crippen molar-refractivity contribution in [3.05, 3.63) is 48.0 Å². The third kappa shape index (κ3) is 1.28. The van der Waals surface area contributed by atoms with E-state index in [1.807, 2.05) is 4.90 Å². The molecule has 2 radical (unpaired) electrons. The standard InChI is InChI=1S/C15H17N/c1-12-11-13-5-3-4-6-14(13)15(12)7-9-16(2)10-8-15/h2-6,11H,7-10H2,1H3. The molecule has 0 atom stereocenters. The summed E-state index contributed by atoms with van der Waals surface area (Å²) in [5.74, 6) is 0. The van der Waals surface area contributed by atoms with Crippen LogP contribution in [0.25, 0.3) is 6.08 Å². The van der Waals surface area contributed by atoms with E-state index in [-0.39, 0.29) is 5.41 Å². The zero-order valence-corrected chi connectivity index (χ0v) is 9.74. The number of fused-ring (bicyclic) bond motifs is 2. The van der Waals surface area contributed by atoms with Gasteiger partial charge >= 0.3 is 0 Å². The Labute approximate surface area is 97.8 Å². The van der Waals surface area contributed by atoms with Crippen LogP contribution in [-0.2, 0) is 5.41 Å². The van der Waals surface area contributed by atoms with Crippen LogP contribution in [0.4, 0.5) is 0 Å². The van der Waals surface area contributed by atoms with Gasteiger partial charge in [0.05, 0.1) is 0 Å². The molecule has 3 rings (SSSR count). The van der Waals surface area contributed by atoms with Gasteiger partial charge in [0.1, 0.15) is 0 Å². The summed E-state index contributed by atoms with van der Waals surface area (Å²) in [6.45, 7) is 4.27. The fourth-order valence-corrected chi connectivity index (χ4v) is 3.21. The zero-order valence-electron chi connectivity index (χ0n) is 9.74. The Balaban J connectivity index is 2.05. The average molecular weight is 211 g/mol. The number of benzene rings is 1. The highest BCUT2D eigenvalue weighted by molar-refractivity contribution is 5.69. The molecule has 1 nitrogen and oxygen atoms in total. The van der Waals surface area contributed by atoms with E-state index in [9.17, 15) is 0 Å². The maximum atomic E-state index is 5.86. The molecule has 1 aliphatic heterocycles. The minimum absolute atomic E-state index is 0.284. The lowest BCUT2D eigenvalue weighted by Gasteiger charge is -2.40. The van der Waals surface area contributed by atoms with Crippen LogP contribution in [0, 0.1) is 7.05 Å². The third-order valence-corrected chi connectivity index (χ3v) is 4.25. The van der Waals surface area contributed by atoms with Crippen molar-refractivity contribution in [3.63, 3.8) is 0 Å². The molecule has 1 aliphatic carbocycles. The molecule has 1 spiro atoms. The molecular weight excluding hydrogens is 194 g/mol. The maximum absolute atomic E-state index is 5.86. The Kier molecular flexibility index (Phi) is 2.18. The van der Waals surface area contributed by atoms with Crippen LogP contribution in [0.2, 0.25) is 0 Å². The number of piperidine rings is 1. The predicted molar refractivity (Wildman–Crippen MR) is 66.9 cm³/mol. The van der Waals surface area contributed by atoms with Crippen LogP contribution in [0.3, 0.4) is 0 Å². The van der Waals surface area contributed by atoms with Gasteiger partial charge in [-0.3, -0.25) is 4.90 Å². The largest absolute Gasteiger partial charge is 0.297 e. The quantitative estimate of drug-likeness (QED) is 0.637. The molecule has 1 fully saturated rings. The Morgan fingerprint density at radius 1 is 1.19 bits per heavy atom. The molecule has 1 heteroatoms. The van der Waals surface area contributed by atoms with Crippen molar-refractivity contribution in [2.45, 2.75) is 25.2 Å². The second-order valence-corrected chi connectivity index (χ2v) is 5.03. The normalized spacial score (nSPS) is 23.2. The van der Waals surface area contributed by atoms with Crippen LogP contribution in [-0.4, -0.2) is 18.0 Å². The summed E-state index contributed by atoms with van der Waals surface area (Å²) >= 11 is 0. The van der Waals surface area contributed by atoms with Gasteiger partial charge in [-0.05, 0) is 44.0 Å². The number of rotatable bonds is 0. The topological polar surface area (TPSA) is 3.24 Å². The van der Waals surface area contributed by atoms with Crippen LogP contribution >= 0.6 is 0 Å². The van der Waals surface area contributed by atoms with E-state index in [4.69, 9.17) is 7.05 Å². The number of allylic oxidation sites excluding steroid dienone is 1. The molecule has 0 saturated carbocycles. The zero-order chi connectivity index (χ0) is 11.2. The summed E-state index contributed by atoms with van der Waals surface area (Å²) < 4.78 is 0. The van der Waals surface area contributed by atoms with Gasteiger partial charge in [0.15, 0.2) is 0 Å². The van der Waals surface area contributed by atoms with Crippen molar-refractivity contribution in [1.29, 1.82) is 0 Å². The highest BCUT2D eigenvalue weighted by Crippen LogP contribution is 2.48. The SMILES string of the molecule is [CH]N1CCC2(CC1)C(C)=Cc1ccccc12. The van der Waals surface area contributed by atoms with Gasteiger partial charge in [-0.15, -0.1) is 0 Å². The molecule has 1 aromatic carbocycles. The molecule has 0 unspecified atom stereocenters. The van der Waals surface area contributed by atoms with Crippen molar-refractivity contribution >= 4 is 6.08 Å². The van der Waals surface area contributed by atoms with E-state index in [1.165, 1.54) is 16.7 Å². The first kappa shape index (κ1) is 10.1. The van der Waals surface area contributed by atoms with E-state index < -0.39 is 0 Å². The third-order valence-electron chi connectivity index (χ3n) is 4.25. The van der Waals surface area contributed by atoms with Crippen LogP contribution in [0.15, 0.2) is 29.8 Å². The fraction of sp³-hybridized carbons (Fsp3) is 0.400. The van der Waals surface area contributed by atoms with E-state index in [2.05, 4.69) is 37.3 Å². The lowest BCUT2D eigenvalue weighted by molar-refractivity contribution is 0.232. The minimum Gasteiger partial charge on any atom is -0.297 e. The molecule has 2 aliphatic rings. The molecule has 16 heavy (non-hydrogen) atoms. The van der Waals surface area contributed by atoms with Crippen LogP contribution in [0.1, 0.15) is 30.9 Å². The molecule has 0 amide bonds. The van der Waals surface area contributed by atoms with Crippen molar-refractivity contribution in [1.82, 2.24) is 4.90 Å². The van der Waals surface area contributed by atoms with E-state index >= 15 is 0 Å². The molecule has 0 N–H and O–H groups in total. The van der Waals surface area contributed by atoms with E-state index in [1.54, 1.807) is 0 Å². The first-order valence-corrected chi connectivity index (χ1v) is 6.00. The summed E-state index contributed by atoms with van der Waals surface area (Å²) in [7, 11) is 5.86. The number of nitrogens with zero attached hydrogens (tertiary/aromatic N) is 1. The van der Waals surface area contributed by atoms with Gasteiger partial charge in [0.2, 0.25) is 0 Å². The summed E-state index contributed by atoms with van der Waals surface area (Å²) in [4.78, 5) is 1.94. The molecule has 1 saturated heterocycles. The van der Waals surface area contributed by atoms with Crippen molar-refractivity contribution < 1.29 is 0 Å². The van der Waals surface area contributed by atoms with Crippen molar-refractivity contribution in [3.8, 4) is 0 Å². The number of hydrogen-bond donors (Lipinski definition) is 0.